The third-order valence-electron chi connectivity index (χ3n) is 5.49. The van der Waals surface area contributed by atoms with E-state index in [1.165, 1.54) is 5.56 Å². The van der Waals surface area contributed by atoms with Crippen LogP contribution in [0.5, 0.6) is 11.5 Å². The molecule has 1 aliphatic carbocycles. The van der Waals surface area contributed by atoms with Crippen molar-refractivity contribution >= 4 is 0 Å². The molecule has 0 unspecified atom stereocenters. The molecule has 3 nitrogen and oxygen atoms in total. The zero-order valence-electron chi connectivity index (χ0n) is 13.2. The van der Waals surface area contributed by atoms with Gasteiger partial charge in [-0.05, 0) is 55.5 Å². The molecule has 1 saturated carbocycles. The zero-order chi connectivity index (χ0) is 15.8. The molecule has 0 spiro atoms. The summed E-state index contributed by atoms with van der Waals surface area (Å²) >= 11 is 0. The topological polar surface area (TPSA) is 38.7 Å². The van der Waals surface area contributed by atoms with Crippen LogP contribution in [0.3, 0.4) is 0 Å². The average Bonchev–Trinajstić information content (AvgIpc) is 2.64. The maximum atomic E-state index is 9.58. The number of aliphatic hydroxyl groups excluding tert-OH is 1. The molecule has 2 aromatic carbocycles. The van der Waals surface area contributed by atoms with Gasteiger partial charge < -0.3 is 14.6 Å². The minimum atomic E-state index is -0.278. The highest BCUT2D eigenvalue weighted by molar-refractivity contribution is 5.38. The van der Waals surface area contributed by atoms with Gasteiger partial charge in [-0.15, -0.1) is 0 Å². The summed E-state index contributed by atoms with van der Waals surface area (Å²) in [5.74, 6) is 1.72. The fraction of sp³-hybridized carbons (Fsp3) is 0.400. The van der Waals surface area contributed by atoms with E-state index >= 15 is 0 Å². The first-order valence-corrected chi connectivity index (χ1v) is 8.32. The number of benzene rings is 2. The molecular formula is C20H22O3. The van der Waals surface area contributed by atoms with Crippen molar-refractivity contribution in [1.29, 1.82) is 0 Å². The number of ether oxygens (including phenoxy) is 2. The highest BCUT2D eigenvalue weighted by atomic mass is 16.5. The molecule has 2 aromatic rings. The first kappa shape index (κ1) is 14.7. The Morgan fingerprint density at radius 3 is 2.30 bits per heavy atom. The van der Waals surface area contributed by atoms with Crippen LogP contribution in [0.2, 0.25) is 0 Å². The Morgan fingerprint density at radius 1 is 0.913 bits per heavy atom. The van der Waals surface area contributed by atoms with E-state index in [4.69, 9.17) is 9.47 Å². The van der Waals surface area contributed by atoms with Gasteiger partial charge in [0.2, 0.25) is 0 Å². The van der Waals surface area contributed by atoms with E-state index in [2.05, 4.69) is 18.2 Å². The maximum Gasteiger partial charge on any atom is 0.127 e. The van der Waals surface area contributed by atoms with Gasteiger partial charge in [-0.1, -0.05) is 30.3 Å². The first-order chi connectivity index (χ1) is 11.2. The van der Waals surface area contributed by atoms with Crippen LogP contribution in [0.15, 0.2) is 54.6 Å². The lowest BCUT2D eigenvalue weighted by molar-refractivity contribution is -0.175. The molecule has 3 aliphatic rings. The molecule has 0 amide bonds. The van der Waals surface area contributed by atoms with E-state index in [0.29, 0.717) is 6.61 Å². The van der Waals surface area contributed by atoms with Crippen molar-refractivity contribution in [2.24, 2.45) is 0 Å². The number of rotatable bonds is 4. The second-order valence-corrected chi connectivity index (χ2v) is 6.85. The van der Waals surface area contributed by atoms with E-state index in [1.807, 2.05) is 36.4 Å². The lowest BCUT2D eigenvalue weighted by Gasteiger charge is -2.52. The van der Waals surface area contributed by atoms with Crippen LogP contribution in [0.1, 0.15) is 31.2 Å². The Bertz CT molecular complexity index is 656. The van der Waals surface area contributed by atoms with Crippen molar-refractivity contribution in [3.05, 3.63) is 60.2 Å². The van der Waals surface area contributed by atoms with Gasteiger partial charge in [0, 0.05) is 5.41 Å². The van der Waals surface area contributed by atoms with Gasteiger partial charge in [-0.3, -0.25) is 0 Å². The van der Waals surface area contributed by atoms with E-state index < -0.39 is 0 Å². The number of hydrogen-bond donors (Lipinski definition) is 1. The Balaban J connectivity index is 1.57. The molecular weight excluding hydrogens is 288 g/mol. The Labute approximate surface area is 136 Å². The predicted octanol–water partition coefficient (Wildman–Crippen LogP) is 4.05. The monoisotopic (exact) mass is 310 g/mol. The highest BCUT2D eigenvalue weighted by Crippen LogP contribution is 2.50. The molecule has 120 valence electrons. The van der Waals surface area contributed by atoms with Gasteiger partial charge >= 0.3 is 0 Å². The highest BCUT2D eigenvalue weighted by Gasteiger charge is 2.50. The summed E-state index contributed by atoms with van der Waals surface area (Å²) < 4.78 is 12.0. The fourth-order valence-electron chi connectivity index (χ4n) is 3.85. The molecule has 2 aliphatic heterocycles. The molecule has 3 heteroatoms. The third-order valence-corrected chi connectivity index (χ3v) is 5.49. The molecule has 2 heterocycles. The lowest BCUT2D eigenvalue weighted by Crippen LogP contribution is -2.54. The summed E-state index contributed by atoms with van der Waals surface area (Å²) in [6.45, 7) is 0.836. The van der Waals surface area contributed by atoms with Crippen LogP contribution in [-0.2, 0) is 10.2 Å². The summed E-state index contributed by atoms with van der Waals surface area (Å²) in [5.41, 5.74) is 1.09. The van der Waals surface area contributed by atoms with Crippen LogP contribution in [-0.4, -0.2) is 23.9 Å². The van der Waals surface area contributed by atoms with Crippen molar-refractivity contribution in [3.8, 4) is 11.5 Å². The summed E-state index contributed by atoms with van der Waals surface area (Å²) in [4.78, 5) is 0. The molecule has 2 bridgehead atoms. The Kier molecular flexibility index (Phi) is 3.63. The molecule has 0 aromatic heterocycles. The molecule has 0 radical (unpaired) electrons. The van der Waals surface area contributed by atoms with Crippen molar-refractivity contribution in [3.63, 3.8) is 0 Å². The standard InChI is InChI=1S/C20H22O3/c21-14-20-11-9-19(10-12-20,15-22-20)16-5-4-8-18(13-16)23-17-6-2-1-3-7-17/h1-8,13,21H,9-12,14-15H2. The largest absolute Gasteiger partial charge is 0.457 e. The fourth-order valence-corrected chi connectivity index (χ4v) is 3.85. The van der Waals surface area contributed by atoms with E-state index in [1.54, 1.807) is 0 Å². The van der Waals surface area contributed by atoms with Gasteiger partial charge in [0.25, 0.3) is 0 Å². The van der Waals surface area contributed by atoms with E-state index in [0.717, 1.165) is 37.2 Å². The van der Waals surface area contributed by atoms with Crippen LogP contribution < -0.4 is 4.74 Å². The summed E-state index contributed by atoms with van der Waals surface area (Å²) in [5, 5.41) is 9.58. The molecule has 3 fully saturated rings. The van der Waals surface area contributed by atoms with Crippen molar-refractivity contribution in [2.45, 2.75) is 36.7 Å². The van der Waals surface area contributed by atoms with Gasteiger partial charge in [0.15, 0.2) is 0 Å². The zero-order valence-corrected chi connectivity index (χ0v) is 13.2. The molecule has 5 rings (SSSR count). The summed E-state index contributed by atoms with van der Waals surface area (Å²) in [6, 6.07) is 18.2. The number of hydrogen-bond acceptors (Lipinski definition) is 3. The first-order valence-electron chi connectivity index (χ1n) is 8.32. The third kappa shape index (κ3) is 2.64. The molecule has 2 saturated heterocycles. The van der Waals surface area contributed by atoms with Gasteiger partial charge in [0.05, 0.1) is 18.8 Å². The lowest BCUT2D eigenvalue weighted by atomic mass is 9.63. The minimum absolute atomic E-state index is 0.0764. The van der Waals surface area contributed by atoms with Crippen molar-refractivity contribution < 1.29 is 14.6 Å². The molecule has 23 heavy (non-hydrogen) atoms. The average molecular weight is 310 g/mol. The van der Waals surface area contributed by atoms with Crippen LogP contribution in [0.4, 0.5) is 0 Å². The smallest absolute Gasteiger partial charge is 0.127 e. The predicted molar refractivity (Wildman–Crippen MR) is 88.9 cm³/mol. The van der Waals surface area contributed by atoms with Crippen LogP contribution in [0.25, 0.3) is 0 Å². The molecule has 0 atom stereocenters. The summed E-state index contributed by atoms with van der Waals surface area (Å²) in [7, 11) is 0. The Hall–Kier alpha value is -1.84. The quantitative estimate of drug-likeness (QED) is 0.926. The SMILES string of the molecule is OCC12CCC(c3cccc(Oc4ccccc4)c3)(CC1)CO2. The van der Waals surface area contributed by atoms with E-state index in [9.17, 15) is 5.11 Å². The summed E-state index contributed by atoms with van der Waals surface area (Å²) in [6.07, 6.45) is 4.02. The van der Waals surface area contributed by atoms with Crippen LogP contribution >= 0.6 is 0 Å². The van der Waals surface area contributed by atoms with Crippen molar-refractivity contribution in [2.75, 3.05) is 13.2 Å². The second kappa shape index (κ2) is 5.66. The second-order valence-electron chi connectivity index (χ2n) is 6.85. The number of para-hydroxylation sites is 1. The van der Waals surface area contributed by atoms with Gasteiger partial charge in [0.1, 0.15) is 11.5 Å². The Morgan fingerprint density at radius 2 is 1.65 bits per heavy atom. The van der Waals surface area contributed by atoms with Gasteiger partial charge in [-0.2, -0.15) is 0 Å². The number of aliphatic hydroxyl groups is 1. The van der Waals surface area contributed by atoms with Gasteiger partial charge in [-0.25, -0.2) is 0 Å². The minimum Gasteiger partial charge on any atom is -0.457 e. The number of fused-ring (bicyclic) bond motifs is 3. The molecule has 1 N–H and O–H groups in total. The maximum absolute atomic E-state index is 9.58. The van der Waals surface area contributed by atoms with Crippen LogP contribution in [0, 0.1) is 0 Å². The normalized spacial score (nSPS) is 29.4. The van der Waals surface area contributed by atoms with Crippen molar-refractivity contribution in [1.82, 2.24) is 0 Å². The van der Waals surface area contributed by atoms with E-state index in [-0.39, 0.29) is 17.6 Å².